The van der Waals surface area contributed by atoms with E-state index in [1.165, 1.54) is 36.4 Å². The molecule has 4 rings (SSSR count). The molecule has 0 unspecified atom stereocenters. The first-order chi connectivity index (χ1) is 14.2. The van der Waals surface area contributed by atoms with Crippen molar-refractivity contribution >= 4 is 34.8 Å². The van der Waals surface area contributed by atoms with Crippen LogP contribution in [0.3, 0.4) is 0 Å². The van der Waals surface area contributed by atoms with Crippen molar-refractivity contribution in [2.75, 3.05) is 10.6 Å². The van der Waals surface area contributed by atoms with Crippen LogP contribution < -0.4 is 15.4 Å². The van der Waals surface area contributed by atoms with Gasteiger partial charge in [0.05, 0.1) is 22.4 Å². The van der Waals surface area contributed by atoms with E-state index in [0.717, 1.165) is 12.1 Å². The van der Waals surface area contributed by atoms with E-state index in [2.05, 4.69) is 10.6 Å². The van der Waals surface area contributed by atoms with Gasteiger partial charge in [-0.25, -0.2) is 0 Å². The van der Waals surface area contributed by atoms with Gasteiger partial charge in [-0.05, 0) is 48.5 Å². The van der Waals surface area contributed by atoms with E-state index in [4.69, 9.17) is 16.3 Å². The molecular formula is C21H12ClF3N2O3. The Balaban J connectivity index is 1.64. The van der Waals surface area contributed by atoms with Crippen LogP contribution in [0.1, 0.15) is 26.3 Å². The fourth-order valence-electron chi connectivity index (χ4n) is 3.00. The Hall–Kier alpha value is -3.52. The van der Waals surface area contributed by atoms with Crippen LogP contribution in [-0.2, 0) is 6.18 Å². The molecule has 30 heavy (non-hydrogen) atoms. The number of ether oxygens (including phenoxy) is 1. The summed E-state index contributed by atoms with van der Waals surface area (Å²) in [5.41, 5.74) is -0.968. The Kier molecular flexibility index (Phi) is 4.87. The van der Waals surface area contributed by atoms with Crippen LogP contribution in [0.5, 0.6) is 11.5 Å². The molecular weight excluding hydrogens is 421 g/mol. The second kappa shape index (κ2) is 7.38. The quantitative estimate of drug-likeness (QED) is 0.524. The smallest absolute Gasteiger partial charge is 0.417 e. The van der Waals surface area contributed by atoms with Gasteiger partial charge in [-0.2, -0.15) is 13.2 Å². The molecule has 0 aromatic heterocycles. The van der Waals surface area contributed by atoms with E-state index in [9.17, 15) is 22.8 Å². The van der Waals surface area contributed by atoms with Gasteiger partial charge in [-0.3, -0.25) is 9.59 Å². The number of carbonyl (C=O) groups is 2. The monoisotopic (exact) mass is 432 g/mol. The SMILES string of the molecule is O=C1Nc2cc(Cl)ccc2Oc2ccc(NC(=O)c3ccccc3C(F)(F)F)cc21. The molecule has 152 valence electrons. The van der Waals surface area contributed by atoms with Gasteiger partial charge in [0.2, 0.25) is 0 Å². The van der Waals surface area contributed by atoms with Crippen molar-refractivity contribution in [3.63, 3.8) is 0 Å². The third-order valence-electron chi connectivity index (χ3n) is 4.37. The summed E-state index contributed by atoms with van der Waals surface area (Å²) in [4.78, 5) is 25.0. The lowest BCUT2D eigenvalue weighted by Crippen LogP contribution is -2.19. The summed E-state index contributed by atoms with van der Waals surface area (Å²) in [7, 11) is 0. The number of hydrogen-bond donors (Lipinski definition) is 2. The summed E-state index contributed by atoms with van der Waals surface area (Å²) in [5.74, 6) is -0.865. The van der Waals surface area contributed by atoms with Crippen LogP contribution in [0.2, 0.25) is 5.02 Å². The fraction of sp³-hybridized carbons (Fsp3) is 0.0476. The van der Waals surface area contributed by atoms with Crippen molar-refractivity contribution in [3.05, 3.63) is 82.4 Å². The van der Waals surface area contributed by atoms with E-state index < -0.39 is 29.1 Å². The number of anilines is 2. The predicted molar refractivity (Wildman–Crippen MR) is 105 cm³/mol. The summed E-state index contributed by atoms with van der Waals surface area (Å²) in [6.45, 7) is 0. The van der Waals surface area contributed by atoms with Crippen LogP contribution in [0.15, 0.2) is 60.7 Å². The van der Waals surface area contributed by atoms with Gasteiger partial charge in [0.1, 0.15) is 5.75 Å². The first-order valence-electron chi connectivity index (χ1n) is 8.63. The molecule has 0 saturated heterocycles. The number of benzene rings is 3. The van der Waals surface area contributed by atoms with Gasteiger partial charge in [-0.1, -0.05) is 23.7 Å². The summed E-state index contributed by atoms with van der Waals surface area (Å²) < 4.78 is 45.2. The van der Waals surface area contributed by atoms with E-state index in [0.29, 0.717) is 16.5 Å². The molecule has 0 saturated carbocycles. The lowest BCUT2D eigenvalue weighted by atomic mass is 10.1. The molecule has 2 amide bonds. The Labute approximate surface area is 173 Å². The minimum atomic E-state index is -4.68. The minimum Gasteiger partial charge on any atom is -0.454 e. The van der Waals surface area contributed by atoms with E-state index in [1.807, 2.05) is 0 Å². The van der Waals surface area contributed by atoms with Gasteiger partial charge in [0, 0.05) is 10.7 Å². The highest BCUT2D eigenvalue weighted by Crippen LogP contribution is 2.38. The third kappa shape index (κ3) is 3.81. The van der Waals surface area contributed by atoms with Crippen LogP contribution in [0, 0.1) is 0 Å². The molecule has 9 heteroatoms. The van der Waals surface area contributed by atoms with Crippen LogP contribution >= 0.6 is 11.6 Å². The summed E-state index contributed by atoms with van der Waals surface area (Å²) in [5, 5.41) is 5.45. The molecule has 0 spiro atoms. The normalized spacial score (nSPS) is 12.7. The molecule has 0 aliphatic carbocycles. The van der Waals surface area contributed by atoms with Gasteiger partial charge in [-0.15, -0.1) is 0 Å². The van der Waals surface area contributed by atoms with E-state index in [1.54, 1.807) is 12.1 Å². The average Bonchev–Trinajstić information content (AvgIpc) is 2.83. The number of carbonyl (C=O) groups excluding carboxylic acids is 2. The number of hydrogen-bond acceptors (Lipinski definition) is 3. The van der Waals surface area contributed by atoms with Crippen molar-refractivity contribution in [3.8, 4) is 11.5 Å². The lowest BCUT2D eigenvalue weighted by molar-refractivity contribution is -0.137. The van der Waals surface area contributed by atoms with Crippen molar-refractivity contribution in [2.45, 2.75) is 6.18 Å². The van der Waals surface area contributed by atoms with Gasteiger partial charge in [0.25, 0.3) is 11.8 Å². The second-order valence-corrected chi connectivity index (χ2v) is 6.84. The third-order valence-corrected chi connectivity index (χ3v) is 4.60. The van der Waals surface area contributed by atoms with Crippen molar-refractivity contribution in [1.29, 1.82) is 0 Å². The highest BCUT2D eigenvalue weighted by Gasteiger charge is 2.35. The predicted octanol–water partition coefficient (Wildman–Crippen LogP) is 5.97. The zero-order valence-corrected chi connectivity index (χ0v) is 15.8. The molecule has 1 aliphatic heterocycles. The van der Waals surface area contributed by atoms with Crippen LogP contribution in [0.4, 0.5) is 24.5 Å². The Morgan fingerprint density at radius 1 is 1.00 bits per heavy atom. The van der Waals surface area contributed by atoms with E-state index >= 15 is 0 Å². The van der Waals surface area contributed by atoms with Gasteiger partial charge in [0.15, 0.2) is 5.75 Å². The number of amides is 2. The Bertz CT molecular complexity index is 1180. The topological polar surface area (TPSA) is 67.4 Å². The lowest BCUT2D eigenvalue weighted by Gasteiger charge is -2.13. The van der Waals surface area contributed by atoms with Crippen LogP contribution in [0.25, 0.3) is 0 Å². The first-order valence-corrected chi connectivity index (χ1v) is 9.00. The molecule has 1 heterocycles. The first kappa shape index (κ1) is 19.8. The second-order valence-electron chi connectivity index (χ2n) is 6.41. The minimum absolute atomic E-state index is 0.101. The molecule has 3 aromatic rings. The number of alkyl halides is 3. The molecule has 0 bridgehead atoms. The Morgan fingerprint density at radius 2 is 1.73 bits per heavy atom. The molecule has 0 fully saturated rings. The van der Waals surface area contributed by atoms with Gasteiger partial charge < -0.3 is 15.4 Å². The fourth-order valence-corrected chi connectivity index (χ4v) is 3.17. The Morgan fingerprint density at radius 3 is 2.50 bits per heavy atom. The molecule has 0 radical (unpaired) electrons. The van der Waals surface area contributed by atoms with Crippen LogP contribution in [-0.4, -0.2) is 11.8 Å². The molecule has 3 aromatic carbocycles. The zero-order valence-electron chi connectivity index (χ0n) is 15.0. The molecule has 2 N–H and O–H groups in total. The summed E-state index contributed by atoms with van der Waals surface area (Å²) >= 11 is 5.94. The van der Waals surface area contributed by atoms with Crippen molar-refractivity contribution in [2.24, 2.45) is 0 Å². The molecule has 1 aliphatic rings. The highest BCUT2D eigenvalue weighted by molar-refractivity contribution is 6.31. The largest absolute Gasteiger partial charge is 0.454 e. The maximum Gasteiger partial charge on any atom is 0.417 e. The summed E-state index contributed by atoms with van der Waals surface area (Å²) in [6, 6.07) is 13.4. The zero-order chi connectivity index (χ0) is 21.5. The maximum atomic E-state index is 13.2. The molecule has 5 nitrogen and oxygen atoms in total. The number of nitrogens with one attached hydrogen (secondary N) is 2. The van der Waals surface area contributed by atoms with Crippen molar-refractivity contribution in [1.82, 2.24) is 0 Å². The average molecular weight is 433 g/mol. The summed E-state index contributed by atoms with van der Waals surface area (Å²) in [6.07, 6.45) is -4.68. The van der Waals surface area contributed by atoms with Gasteiger partial charge >= 0.3 is 6.18 Å². The number of halogens is 4. The van der Waals surface area contributed by atoms with Crippen molar-refractivity contribution < 1.29 is 27.5 Å². The molecule has 0 atom stereocenters. The standard InChI is InChI=1S/C21H12ClF3N2O3/c22-11-5-7-18-16(9-11)27-20(29)14-10-12(6-8-17(14)30-18)26-19(28)13-3-1-2-4-15(13)21(23,24)25/h1-10H,(H,26,28)(H,27,29). The number of fused-ring (bicyclic) bond motifs is 2. The highest BCUT2D eigenvalue weighted by atomic mass is 35.5. The number of rotatable bonds is 2. The van der Waals surface area contributed by atoms with E-state index in [-0.39, 0.29) is 17.0 Å². The maximum absolute atomic E-state index is 13.2.